The average molecular weight is 130 g/mol. The maximum absolute atomic E-state index is 8.88. The number of allylic oxidation sites excluding steroid dienone is 1. The van der Waals surface area contributed by atoms with Gasteiger partial charge in [-0.25, -0.2) is 4.99 Å². The normalized spacial score (nSPS) is 34.8. The zero-order valence-electron chi connectivity index (χ0n) is 4.07. The summed E-state index contributed by atoms with van der Waals surface area (Å²) >= 11 is 3.71. The average Bonchev–Trinajstić information content (AvgIpc) is 1.65. The van der Waals surface area contributed by atoms with Crippen LogP contribution >= 0.6 is 12.6 Å². The highest BCUT2D eigenvalue weighted by molar-refractivity contribution is 7.81. The van der Waals surface area contributed by atoms with E-state index in [2.05, 4.69) is 22.9 Å². The smallest absolute Gasteiger partial charge is 0.283 e. The number of aliphatic hydroxyl groups is 1. The highest BCUT2D eigenvalue weighted by Gasteiger charge is 2.16. The summed E-state index contributed by atoms with van der Waals surface area (Å²) in [7, 11) is 0. The first-order valence-electron chi connectivity index (χ1n) is 2.13. The number of thiol groups is 1. The molecule has 0 saturated heterocycles. The summed E-state index contributed by atoms with van der Waals surface area (Å²) in [6.07, 6.45) is 4.72. The van der Waals surface area contributed by atoms with E-state index in [1.807, 2.05) is 0 Å². The van der Waals surface area contributed by atoms with Crippen LogP contribution in [0.5, 0.6) is 0 Å². The number of aliphatic imine (C=N–C) groups is 1. The zero-order valence-corrected chi connectivity index (χ0v) is 4.97. The van der Waals surface area contributed by atoms with E-state index in [-0.39, 0.29) is 0 Å². The van der Waals surface area contributed by atoms with Gasteiger partial charge in [0, 0.05) is 12.4 Å². The van der Waals surface area contributed by atoms with Crippen molar-refractivity contribution in [3.63, 3.8) is 0 Å². The number of hydrogen-bond donors (Lipinski definition) is 3. The molecule has 0 saturated carbocycles. The van der Waals surface area contributed by atoms with Gasteiger partial charge in [-0.15, -0.1) is 0 Å². The van der Waals surface area contributed by atoms with Gasteiger partial charge in [-0.05, 0) is 6.08 Å². The first-order chi connectivity index (χ1) is 3.71. The SMILES string of the molecule is OC1(S)N=CC=CN1. The lowest BCUT2D eigenvalue weighted by Crippen LogP contribution is -2.35. The van der Waals surface area contributed by atoms with Crippen LogP contribution in [0.2, 0.25) is 0 Å². The van der Waals surface area contributed by atoms with Crippen molar-refractivity contribution < 1.29 is 5.11 Å². The molecule has 1 heterocycles. The van der Waals surface area contributed by atoms with Gasteiger partial charge in [-0.2, -0.15) is 0 Å². The maximum atomic E-state index is 8.88. The zero-order chi connectivity index (χ0) is 6.04. The quantitative estimate of drug-likeness (QED) is 0.311. The van der Waals surface area contributed by atoms with Crippen LogP contribution in [0.4, 0.5) is 0 Å². The summed E-state index contributed by atoms with van der Waals surface area (Å²) in [5.41, 5.74) is 0. The van der Waals surface area contributed by atoms with Crippen LogP contribution in [0.3, 0.4) is 0 Å². The molecule has 1 rings (SSSR count). The molecule has 44 valence electrons. The van der Waals surface area contributed by atoms with E-state index in [4.69, 9.17) is 5.11 Å². The van der Waals surface area contributed by atoms with Crippen LogP contribution in [0.15, 0.2) is 17.3 Å². The Balaban J connectivity index is 2.65. The minimum absolute atomic E-state index is 1.39. The third kappa shape index (κ3) is 1.24. The molecule has 0 aromatic heterocycles. The van der Waals surface area contributed by atoms with Crippen molar-refractivity contribution in [3.8, 4) is 0 Å². The lowest BCUT2D eigenvalue weighted by Gasteiger charge is -2.18. The third-order valence-corrected chi connectivity index (χ3v) is 0.958. The second-order valence-electron chi connectivity index (χ2n) is 1.42. The van der Waals surface area contributed by atoms with Gasteiger partial charge in [0.1, 0.15) is 0 Å². The van der Waals surface area contributed by atoms with Crippen LogP contribution in [-0.4, -0.2) is 16.5 Å². The van der Waals surface area contributed by atoms with Crippen molar-refractivity contribution in [2.24, 2.45) is 4.99 Å². The maximum Gasteiger partial charge on any atom is 0.283 e. The molecule has 0 bridgehead atoms. The van der Waals surface area contributed by atoms with E-state index in [0.717, 1.165) is 0 Å². The molecule has 3 nitrogen and oxygen atoms in total. The molecular formula is C4H6N2OS. The summed E-state index contributed by atoms with van der Waals surface area (Å²) in [6.45, 7) is 0. The number of hydrogen-bond acceptors (Lipinski definition) is 4. The molecule has 1 unspecified atom stereocenters. The van der Waals surface area contributed by atoms with E-state index in [1.54, 1.807) is 12.3 Å². The standard InChI is InChI=1S/C4H6N2OS/c7-4(8)5-2-1-3-6-4/h1-3,5,7-8H. The van der Waals surface area contributed by atoms with E-state index >= 15 is 0 Å². The van der Waals surface area contributed by atoms with Crippen LogP contribution in [0.1, 0.15) is 0 Å². The van der Waals surface area contributed by atoms with E-state index in [9.17, 15) is 0 Å². The Kier molecular flexibility index (Phi) is 1.27. The fourth-order valence-electron chi connectivity index (χ4n) is 0.387. The van der Waals surface area contributed by atoms with Crippen molar-refractivity contribution >= 4 is 18.8 Å². The molecule has 0 radical (unpaired) electrons. The lowest BCUT2D eigenvalue weighted by atomic mass is 10.6. The summed E-state index contributed by atoms with van der Waals surface area (Å²) in [4.78, 5) is 3.56. The Morgan fingerprint density at radius 3 is 2.75 bits per heavy atom. The van der Waals surface area contributed by atoms with Crippen molar-refractivity contribution in [1.29, 1.82) is 0 Å². The topological polar surface area (TPSA) is 44.6 Å². The van der Waals surface area contributed by atoms with Gasteiger partial charge >= 0.3 is 0 Å². The van der Waals surface area contributed by atoms with Crippen LogP contribution in [-0.2, 0) is 0 Å². The minimum Gasteiger partial charge on any atom is -0.344 e. The Bertz CT molecular complexity index is 141. The molecule has 0 amide bonds. The molecule has 0 aromatic carbocycles. The van der Waals surface area contributed by atoms with Crippen LogP contribution in [0, 0.1) is 0 Å². The molecule has 8 heavy (non-hydrogen) atoms. The summed E-state index contributed by atoms with van der Waals surface area (Å²) in [6, 6.07) is 0. The molecule has 1 atom stereocenters. The summed E-state index contributed by atoms with van der Waals surface area (Å²) in [5.74, 6) is 0. The molecule has 1 aliphatic heterocycles. The molecule has 0 spiro atoms. The molecule has 1 aliphatic rings. The predicted molar refractivity (Wildman–Crippen MR) is 34.7 cm³/mol. The van der Waals surface area contributed by atoms with Gasteiger partial charge < -0.3 is 10.4 Å². The molecule has 4 heteroatoms. The Morgan fingerprint density at radius 2 is 2.50 bits per heavy atom. The van der Waals surface area contributed by atoms with Crippen LogP contribution in [0.25, 0.3) is 0 Å². The van der Waals surface area contributed by atoms with Gasteiger partial charge in [0.05, 0.1) is 0 Å². The molecular weight excluding hydrogens is 124 g/mol. The van der Waals surface area contributed by atoms with E-state index in [1.165, 1.54) is 6.21 Å². The van der Waals surface area contributed by atoms with Crippen LogP contribution < -0.4 is 5.32 Å². The summed E-state index contributed by atoms with van der Waals surface area (Å²) < 4.78 is 0. The minimum atomic E-state index is -1.39. The Labute approximate surface area is 52.5 Å². The lowest BCUT2D eigenvalue weighted by molar-refractivity contribution is 0.127. The molecule has 2 N–H and O–H groups in total. The second-order valence-corrected chi connectivity index (χ2v) is 2.04. The van der Waals surface area contributed by atoms with Gasteiger partial charge in [-0.3, -0.25) is 0 Å². The predicted octanol–water partition coefficient (Wildman–Crippen LogP) is -0.292. The Morgan fingerprint density at radius 1 is 1.75 bits per heavy atom. The first-order valence-corrected chi connectivity index (χ1v) is 2.58. The molecule has 0 aliphatic carbocycles. The number of nitrogens with one attached hydrogen (secondary N) is 1. The van der Waals surface area contributed by atoms with Gasteiger partial charge in [0.15, 0.2) is 0 Å². The fourth-order valence-corrected chi connectivity index (χ4v) is 0.528. The van der Waals surface area contributed by atoms with Gasteiger partial charge in [0.2, 0.25) is 0 Å². The second kappa shape index (κ2) is 1.80. The fraction of sp³-hybridized carbons (Fsp3) is 0.250. The monoisotopic (exact) mass is 130 g/mol. The van der Waals surface area contributed by atoms with Gasteiger partial charge in [-0.1, -0.05) is 12.6 Å². The number of nitrogens with zero attached hydrogens (tertiary/aromatic N) is 1. The Hall–Kier alpha value is -0.480. The van der Waals surface area contributed by atoms with Gasteiger partial charge in [0.25, 0.3) is 5.18 Å². The first kappa shape index (κ1) is 5.65. The molecule has 0 fully saturated rings. The highest BCUT2D eigenvalue weighted by atomic mass is 32.1. The van der Waals surface area contributed by atoms with Crippen molar-refractivity contribution in [3.05, 3.63) is 12.3 Å². The van der Waals surface area contributed by atoms with E-state index in [0.29, 0.717) is 0 Å². The van der Waals surface area contributed by atoms with Crippen molar-refractivity contribution in [2.45, 2.75) is 5.18 Å². The molecule has 0 aromatic rings. The summed E-state index contributed by atoms with van der Waals surface area (Å²) in [5, 5.41) is 9.98. The largest absolute Gasteiger partial charge is 0.344 e. The number of rotatable bonds is 0. The van der Waals surface area contributed by atoms with E-state index < -0.39 is 5.18 Å². The van der Waals surface area contributed by atoms with Crippen molar-refractivity contribution in [1.82, 2.24) is 5.32 Å². The van der Waals surface area contributed by atoms with Crippen molar-refractivity contribution in [2.75, 3.05) is 0 Å². The highest BCUT2D eigenvalue weighted by Crippen LogP contribution is 2.07. The third-order valence-electron chi connectivity index (χ3n) is 0.714.